The van der Waals surface area contributed by atoms with Crippen molar-refractivity contribution in [3.8, 4) is 0 Å². The predicted molar refractivity (Wildman–Crippen MR) is 96.0 cm³/mol. The number of nitro benzene ring substituents is 1. The van der Waals surface area contributed by atoms with E-state index in [1.807, 2.05) is 6.08 Å². The fraction of sp³-hybridized carbons (Fsp3) is 0.500. The molecule has 3 aliphatic heterocycles. The summed E-state index contributed by atoms with van der Waals surface area (Å²) in [6.07, 6.45) is 10.2. The van der Waals surface area contributed by atoms with Crippen LogP contribution in [0.3, 0.4) is 0 Å². The Labute approximate surface area is 152 Å². The van der Waals surface area contributed by atoms with Gasteiger partial charge in [-0.05, 0) is 56.6 Å². The molecule has 0 aromatic heterocycles. The van der Waals surface area contributed by atoms with Crippen LogP contribution < -0.4 is 0 Å². The lowest BCUT2D eigenvalue weighted by atomic mass is 9.57. The van der Waals surface area contributed by atoms with Gasteiger partial charge in [0.2, 0.25) is 5.79 Å². The first kappa shape index (κ1) is 17.4. The van der Waals surface area contributed by atoms with Gasteiger partial charge in [-0.2, -0.15) is 4.89 Å². The van der Waals surface area contributed by atoms with E-state index in [-0.39, 0.29) is 11.1 Å². The van der Waals surface area contributed by atoms with Crippen molar-refractivity contribution in [3.05, 3.63) is 58.2 Å². The Morgan fingerprint density at radius 1 is 1.12 bits per heavy atom. The smallest absolute Gasteiger partial charge is 0.276 e. The van der Waals surface area contributed by atoms with Crippen molar-refractivity contribution in [2.45, 2.75) is 57.0 Å². The van der Waals surface area contributed by atoms with Gasteiger partial charge in [0.15, 0.2) is 5.60 Å². The molecule has 0 N–H and O–H groups in total. The second-order valence-corrected chi connectivity index (χ2v) is 8.18. The van der Waals surface area contributed by atoms with Gasteiger partial charge in [0, 0.05) is 11.5 Å². The summed E-state index contributed by atoms with van der Waals surface area (Å²) in [5.41, 5.74) is -0.744. The first-order valence-corrected chi connectivity index (χ1v) is 8.93. The van der Waals surface area contributed by atoms with E-state index >= 15 is 0 Å². The third kappa shape index (κ3) is 2.29. The van der Waals surface area contributed by atoms with Crippen LogP contribution in [0.1, 0.15) is 45.6 Å². The second-order valence-electron chi connectivity index (χ2n) is 8.18. The molecule has 1 aromatic rings. The molecule has 0 radical (unpaired) electrons. The fourth-order valence-electron chi connectivity index (χ4n) is 4.63. The van der Waals surface area contributed by atoms with Crippen LogP contribution in [-0.4, -0.2) is 21.9 Å². The molecule has 1 aliphatic carbocycles. The highest BCUT2D eigenvalue weighted by molar-refractivity contribution is 5.61. The molecule has 0 amide bonds. The van der Waals surface area contributed by atoms with E-state index in [9.17, 15) is 10.1 Å². The molecule has 1 saturated carbocycles. The minimum atomic E-state index is -1.17. The molecule has 26 heavy (non-hydrogen) atoms. The van der Waals surface area contributed by atoms with Gasteiger partial charge in [-0.3, -0.25) is 10.1 Å². The number of fused-ring (bicyclic) bond motifs is 1. The summed E-state index contributed by atoms with van der Waals surface area (Å²) in [5, 5.41) is 11.2. The molecule has 6 heteroatoms. The first-order chi connectivity index (χ1) is 12.2. The lowest BCUT2D eigenvalue weighted by Gasteiger charge is -2.64. The molecular formula is C20H23NO5. The van der Waals surface area contributed by atoms with Crippen LogP contribution >= 0.6 is 0 Å². The Hall–Kier alpha value is -2.02. The predicted octanol–water partition coefficient (Wildman–Crippen LogP) is 4.56. The maximum Gasteiger partial charge on any atom is 0.276 e. The van der Waals surface area contributed by atoms with Crippen molar-refractivity contribution in [1.29, 1.82) is 0 Å². The summed E-state index contributed by atoms with van der Waals surface area (Å²) in [7, 11) is 0. The van der Waals surface area contributed by atoms with Crippen molar-refractivity contribution >= 4 is 11.8 Å². The molecule has 1 saturated heterocycles. The zero-order valence-corrected chi connectivity index (χ0v) is 15.2. The van der Waals surface area contributed by atoms with E-state index in [0.29, 0.717) is 5.56 Å². The second kappa shape index (κ2) is 5.49. The summed E-state index contributed by atoms with van der Waals surface area (Å²) >= 11 is 0. The van der Waals surface area contributed by atoms with Gasteiger partial charge in [-0.15, -0.1) is 0 Å². The van der Waals surface area contributed by atoms with Gasteiger partial charge in [0.25, 0.3) is 5.69 Å². The third-order valence-corrected chi connectivity index (χ3v) is 6.11. The first-order valence-electron chi connectivity index (χ1n) is 8.93. The van der Waals surface area contributed by atoms with Crippen LogP contribution in [0.5, 0.6) is 0 Å². The molecule has 1 aromatic carbocycles. The lowest BCUT2D eigenvalue weighted by Crippen LogP contribution is -2.73. The van der Waals surface area contributed by atoms with Crippen LogP contribution in [-0.2, 0) is 14.5 Å². The number of hydrogen-bond donors (Lipinski definition) is 0. The quantitative estimate of drug-likeness (QED) is 0.343. The number of nitro groups is 1. The molecule has 1 spiro atoms. The standard InChI is InChI=1S/C20H23NO5/c1-17(2)10-6-11-18(3)20(17)14-13-19(24-18,25-26-20)12-9-15-7-4-5-8-16(15)21(22)23/h4-5,7-9,12-14H,6,10-11H2,1-3H3/b12-9+/t18-,19-,20?/m0/s1. The Morgan fingerprint density at radius 2 is 1.88 bits per heavy atom. The van der Waals surface area contributed by atoms with Gasteiger partial charge < -0.3 is 4.74 Å². The number of ether oxygens (including phenoxy) is 1. The monoisotopic (exact) mass is 357 g/mol. The Balaban J connectivity index is 1.71. The van der Waals surface area contributed by atoms with Gasteiger partial charge in [-0.25, -0.2) is 4.89 Å². The molecule has 2 fully saturated rings. The van der Waals surface area contributed by atoms with E-state index in [0.717, 1.165) is 19.3 Å². The van der Waals surface area contributed by atoms with Crippen LogP contribution in [0.25, 0.3) is 6.08 Å². The highest BCUT2D eigenvalue weighted by Crippen LogP contribution is 2.60. The molecule has 1 unspecified atom stereocenters. The molecular weight excluding hydrogens is 334 g/mol. The number of benzene rings is 1. The Kier molecular flexibility index (Phi) is 3.67. The average molecular weight is 357 g/mol. The molecule has 2 bridgehead atoms. The average Bonchev–Trinajstić information content (AvgIpc) is 2.60. The minimum Gasteiger partial charge on any atom is -0.331 e. The largest absolute Gasteiger partial charge is 0.331 e. The van der Waals surface area contributed by atoms with Crippen molar-refractivity contribution in [1.82, 2.24) is 0 Å². The molecule has 3 atom stereocenters. The zero-order chi connectivity index (χ0) is 18.6. The molecule has 4 aliphatic rings. The minimum absolute atomic E-state index is 0.0380. The summed E-state index contributed by atoms with van der Waals surface area (Å²) < 4.78 is 6.42. The summed E-state index contributed by atoms with van der Waals surface area (Å²) in [4.78, 5) is 22.5. The molecule has 3 heterocycles. The number of rotatable bonds is 3. The van der Waals surface area contributed by atoms with Crippen LogP contribution in [0.4, 0.5) is 5.69 Å². The van der Waals surface area contributed by atoms with Crippen LogP contribution in [0.15, 0.2) is 42.5 Å². The zero-order valence-electron chi connectivity index (χ0n) is 15.2. The highest BCUT2D eigenvalue weighted by atomic mass is 17.3. The fourth-order valence-corrected chi connectivity index (χ4v) is 4.63. The third-order valence-electron chi connectivity index (χ3n) is 6.11. The normalized spacial score (nSPS) is 37.7. The summed E-state index contributed by atoms with van der Waals surface area (Å²) in [6.45, 7) is 6.40. The Morgan fingerprint density at radius 3 is 2.58 bits per heavy atom. The summed E-state index contributed by atoms with van der Waals surface area (Å²) in [6, 6.07) is 6.57. The highest BCUT2D eigenvalue weighted by Gasteiger charge is 2.68. The van der Waals surface area contributed by atoms with Gasteiger partial charge in [0.05, 0.1) is 10.5 Å². The topological polar surface area (TPSA) is 70.8 Å². The summed E-state index contributed by atoms with van der Waals surface area (Å²) in [5.74, 6) is -1.17. The van der Waals surface area contributed by atoms with Gasteiger partial charge in [-0.1, -0.05) is 26.0 Å². The number of para-hydroxylation sites is 1. The maximum atomic E-state index is 11.2. The molecule has 5 rings (SSSR count). The van der Waals surface area contributed by atoms with Gasteiger partial charge >= 0.3 is 0 Å². The Bertz CT molecular complexity index is 816. The van der Waals surface area contributed by atoms with Crippen LogP contribution in [0.2, 0.25) is 0 Å². The van der Waals surface area contributed by atoms with Crippen molar-refractivity contribution in [2.75, 3.05) is 0 Å². The van der Waals surface area contributed by atoms with E-state index < -0.39 is 21.9 Å². The maximum absolute atomic E-state index is 11.2. The number of hydrogen-bond acceptors (Lipinski definition) is 5. The number of nitrogens with zero attached hydrogens (tertiary/aromatic N) is 1. The van der Waals surface area contributed by atoms with E-state index in [1.165, 1.54) is 6.07 Å². The molecule has 6 nitrogen and oxygen atoms in total. The van der Waals surface area contributed by atoms with E-state index in [2.05, 4.69) is 26.8 Å². The van der Waals surface area contributed by atoms with E-state index in [1.54, 1.807) is 30.4 Å². The van der Waals surface area contributed by atoms with Crippen molar-refractivity contribution in [3.63, 3.8) is 0 Å². The van der Waals surface area contributed by atoms with Crippen molar-refractivity contribution < 1.29 is 19.4 Å². The molecule has 138 valence electrons. The lowest BCUT2D eigenvalue weighted by molar-refractivity contribution is -0.540. The van der Waals surface area contributed by atoms with Crippen molar-refractivity contribution in [2.24, 2.45) is 5.41 Å². The van der Waals surface area contributed by atoms with Crippen LogP contribution in [0, 0.1) is 15.5 Å². The van der Waals surface area contributed by atoms with E-state index in [4.69, 9.17) is 14.5 Å². The van der Waals surface area contributed by atoms with Gasteiger partial charge in [0.1, 0.15) is 5.60 Å². The SMILES string of the molecule is CC1(C)CCC[C@]2(C)O[C@]3(/C=C/c4ccccc4[N+](=O)[O-])C=CC12OO3.